The van der Waals surface area contributed by atoms with E-state index in [0.29, 0.717) is 27.5 Å². The summed E-state index contributed by atoms with van der Waals surface area (Å²) in [6, 6.07) is 14.8. The SMILES string of the molecule is N#CC(=CNc1ccccc1C(N)=O)c1nc(-c2cccc([N+](=O)[O-])c2)cs1. The predicted octanol–water partition coefficient (Wildman–Crippen LogP) is 3.79. The number of non-ortho nitro benzene ring substituents is 1. The lowest BCUT2D eigenvalue weighted by molar-refractivity contribution is -0.384. The van der Waals surface area contributed by atoms with Gasteiger partial charge in [-0.3, -0.25) is 14.9 Å². The molecule has 0 saturated heterocycles. The molecule has 0 saturated carbocycles. The number of primary amides is 1. The van der Waals surface area contributed by atoms with E-state index in [4.69, 9.17) is 5.73 Å². The summed E-state index contributed by atoms with van der Waals surface area (Å²) in [5.74, 6) is -0.586. The Morgan fingerprint density at radius 2 is 2.07 bits per heavy atom. The standard InChI is InChI=1S/C19H13N5O3S/c20-9-13(10-22-16-7-2-1-6-15(16)18(21)25)19-23-17(11-28-19)12-4-3-5-14(8-12)24(26)27/h1-8,10-11,22H,(H2,21,25). The van der Waals surface area contributed by atoms with E-state index in [1.165, 1.54) is 29.7 Å². The molecule has 0 bridgehead atoms. The Morgan fingerprint density at radius 1 is 1.29 bits per heavy atom. The molecule has 2 aromatic carbocycles. The number of nitriles is 1. The topological polar surface area (TPSA) is 135 Å². The van der Waals surface area contributed by atoms with Gasteiger partial charge in [-0.25, -0.2) is 4.98 Å². The Bertz CT molecular complexity index is 1130. The molecule has 3 N–H and O–H groups in total. The Balaban J connectivity index is 1.88. The number of benzene rings is 2. The number of para-hydroxylation sites is 1. The van der Waals surface area contributed by atoms with Crippen LogP contribution in [0.4, 0.5) is 11.4 Å². The number of hydrogen-bond donors (Lipinski definition) is 2. The number of nitro benzene ring substituents is 1. The van der Waals surface area contributed by atoms with Crippen molar-refractivity contribution in [3.63, 3.8) is 0 Å². The third-order valence-electron chi connectivity index (χ3n) is 3.77. The van der Waals surface area contributed by atoms with Gasteiger partial charge in [0, 0.05) is 29.3 Å². The van der Waals surface area contributed by atoms with E-state index >= 15 is 0 Å². The van der Waals surface area contributed by atoms with Crippen LogP contribution in [0.3, 0.4) is 0 Å². The lowest BCUT2D eigenvalue weighted by Crippen LogP contribution is -2.13. The van der Waals surface area contributed by atoms with Crippen LogP contribution >= 0.6 is 11.3 Å². The van der Waals surface area contributed by atoms with Gasteiger partial charge in [-0.15, -0.1) is 11.3 Å². The molecule has 138 valence electrons. The van der Waals surface area contributed by atoms with Crippen molar-refractivity contribution in [2.45, 2.75) is 0 Å². The van der Waals surface area contributed by atoms with Crippen LogP contribution in [0.5, 0.6) is 0 Å². The van der Waals surface area contributed by atoms with Gasteiger partial charge in [0.25, 0.3) is 11.6 Å². The minimum absolute atomic E-state index is 0.0344. The first-order valence-corrected chi connectivity index (χ1v) is 8.84. The molecule has 0 unspecified atom stereocenters. The number of carbonyl (C=O) groups excluding carboxylic acids is 1. The average molecular weight is 391 g/mol. The van der Waals surface area contributed by atoms with Crippen molar-refractivity contribution in [1.29, 1.82) is 5.26 Å². The molecule has 1 amide bonds. The zero-order valence-electron chi connectivity index (χ0n) is 14.3. The van der Waals surface area contributed by atoms with Crippen molar-refractivity contribution in [1.82, 2.24) is 4.98 Å². The first-order chi connectivity index (χ1) is 13.5. The first-order valence-electron chi connectivity index (χ1n) is 7.96. The monoisotopic (exact) mass is 391 g/mol. The minimum atomic E-state index is -0.586. The van der Waals surface area contributed by atoms with Crippen molar-refractivity contribution < 1.29 is 9.72 Å². The Hall–Kier alpha value is -4.03. The van der Waals surface area contributed by atoms with E-state index in [1.54, 1.807) is 41.8 Å². The highest BCUT2D eigenvalue weighted by atomic mass is 32.1. The van der Waals surface area contributed by atoms with Gasteiger partial charge < -0.3 is 11.1 Å². The fraction of sp³-hybridized carbons (Fsp3) is 0. The summed E-state index contributed by atoms with van der Waals surface area (Å²) in [6.45, 7) is 0. The maximum atomic E-state index is 11.5. The third-order valence-corrected chi connectivity index (χ3v) is 4.65. The molecule has 1 aromatic heterocycles. The van der Waals surface area contributed by atoms with Gasteiger partial charge in [-0.1, -0.05) is 24.3 Å². The highest BCUT2D eigenvalue weighted by molar-refractivity contribution is 7.11. The van der Waals surface area contributed by atoms with E-state index in [0.717, 1.165) is 0 Å². The molecule has 9 heteroatoms. The highest BCUT2D eigenvalue weighted by Crippen LogP contribution is 2.28. The summed E-state index contributed by atoms with van der Waals surface area (Å²) in [4.78, 5) is 26.3. The van der Waals surface area contributed by atoms with Gasteiger partial charge >= 0.3 is 0 Å². The van der Waals surface area contributed by atoms with Crippen molar-refractivity contribution in [3.05, 3.63) is 80.8 Å². The lowest BCUT2D eigenvalue weighted by Gasteiger charge is -2.06. The van der Waals surface area contributed by atoms with E-state index < -0.39 is 10.8 Å². The van der Waals surface area contributed by atoms with Gasteiger partial charge in [0.15, 0.2) is 0 Å². The molecule has 0 radical (unpaired) electrons. The zero-order chi connectivity index (χ0) is 20.1. The average Bonchev–Trinajstić information content (AvgIpc) is 3.19. The summed E-state index contributed by atoms with van der Waals surface area (Å²) < 4.78 is 0. The molecular weight excluding hydrogens is 378 g/mol. The van der Waals surface area contributed by atoms with E-state index in [1.807, 2.05) is 0 Å². The fourth-order valence-electron chi connectivity index (χ4n) is 2.42. The van der Waals surface area contributed by atoms with Crippen molar-refractivity contribution in [2.75, 3.05) is 5.32 Å². The maximum absolute atomic E-state index is 11.5. The number of nitrogens with zero attached hydrogens (tertiary/aromatic N) is 3. The molecule has 0 aliphatic heterocycles. The second-order valence-electron chi connectivity index (χ2n) is 5.57. The van der Waals surface area contributed by atoms with E-state index in [9.17, 15) is 20.2 Å². The molecule has 28 heavy (non-hydrogen) atoms. The molecule has 3 aromatic rings. The number of amides is 1. The summed E-state index contributed by atoms with van der Waals surface area (Å²) >= 11 is 1.23. The predicted molar refractivity (Wildman–Crippen MR) is 106 cm³/mol. The quantitative estimate of drug-likeness (QED) is 0.373. The van der Waals surface area contributed by atoms with Gasteiger partial charge in [0.1, 0.15) is 16.6 Å². The molecule has 3 rings (SSSR count). The molecule has 1 heterocycles. The van der Waals surface area contributed by atoms with Crippen molar-refractivity contribution >= 4 is 34.2 Å². The molecule has 0 atom stereocenters. The molecular formula is C19H13N5O3S. The number of hydrogen-bond acceptors (Lipinski definition) is 7. The summed E-state index contributed by atoms with van der Waals surface area (Å²) in [6.07, 6.45) is 1.44. The number of carbonyl (C=O) groups is 1. The lowest BCUT2D eigenvalue weighted by atomic mass is 10.1. The van der Waals surface area contributed by atoms with Crippen LogP contribution in [0, 0.1) is 21.4 Å². The number of nitrogens with one attached hydrogen (secondary N) is 1. The van der Waals surface area contributed by atoms with Crippen LogP contribution in [0.1, 0.15) is 15.4 Å². The highest BCUT2D eigenvalue weighted by Gasteiger charge is 2.13. The Kier molecular flexibility index (Phi) is 5.43. The number of anilines is 1. The largest absolute Gasteiger partial charge is 0.366 e. The Labute approximate surface area is 163 Å². The first kappa shape index (κ1) is 18.8. The molecule has 0 aliphatic carbocycles. The second kappa shape index (κ2) is 8.11. The van der Waals surface area contributed by atoms with Crippen LogP contribution in [-0.4, -0.2) is 15.8 Å². The van der Waals surface area contributed by atoms with Crippen LogP contribution in [0.15, 0.2) is 60.1 Å². The molecule has 8 nitrogen and oxygen atoms in total. The number of aromatic nitrogens is 1. The van der Waals surface area contributed by atoms with Crippen LogP contribution < -0.4 is 11.1 Å². The van der Waals surface area contributed by atoms with Gasteiger partial charge in [0.2, 0.25) is 0 Å². The molecule has 0 fully saturated rings. The molecule has 0 aliphatic rings. The Morgan fingerprint density at radius 3 is 2.79 bits per heavy atom. The van der Waals surface area contributed by atoms with E-state index in [-0.39, 0.29) is 11.3 Å². The normalized spacial score (nSPS) is 10.9. The smallest absolute Gasteiger partial charge is 0.270 e. The van der Waals surface area contributed by atoms with Gasteiger partial charge in [-0.2, -0.15) is 5.26 Å². The van der Waals surface area contributed by atoms with Crippen molar-refractivity contribution in [3.8, 4) is 17.3 Å². The van der Waals surface area contributed by atoms with Gasteiger partial charge in [-0.05, 0) is 12.1 Å². The second-order valence-corrected chi connectivity index (χ2v) is 6.43. The maximum Gasteiger partial charge on any atom is 0.270 e. The number of thiazole rings is 1. The van der Waals surface area contributed by atoms with Crippen LogP contribution in [0.25, 0.3) is 16.8 Å². The fourth-order valence-corrected chi connectivity index (χ4v) is 3.22. The summed E-state index contributed by atoms with van der Waals surface area (Å²) in [5.41, 5.74) is 7.44. The van der Waals surface area contributed by atoms with Crippen LogP contribution in [0.2, 0.25) is 0 Å². The van der Waals surface area contributed by atoms with E-state index in [2.05, 4.69) is 16.4 Å². The van der Waals surface area contributed by atoms with Crippen LogP contribution in [-0.2, 0) is 0 Å². The minimum Gasteiger partial charge on any atom is -0.366 e. The summed E-state index contributed by atoms with van der Waals surface area (Å²) in [7, 11) is 0. The van der Waals surface area contributed by atoms with Gasteiger partial charge in [0.05, 0.1) is 21.9 Å². The summed E-state index contributed by atoms with van der Waals surface area (Å²) in [5, 5.41) is 25.5. The third kappa shape index (κ3) is 4.03. The number of nitrogens with two attached hydrogens (primary N) is 1. The molecule has 0 spiro atoms. The number of nitro groups is 1. The van der Waals surface area contributed by atoms with Crippen molar-refractivity contribution in [2.24, 2.45) is 5.73 Å². The zero-order valence-corrected chi connectivity index (χ0v) is 15.1. The number of rotatable bonds is 6. The number of allylic oxidation sites excluding steroid dienone is 1.